The van der Waals surface area contributed by atoms with Crippen molar-refractivity contribution in [2.45, 2.75) is 26.1 Å². The molecule has 25 heavy (non-hydrogen) atoms. The van der Waals surface area contributed by atoms with Crippen LogP contribution in [0.2, 0.25) is 0 Å². The third-order valence-electron chi connectivity index (χ3n) is 3.51. The highest BCUT2D eigenvalue weighted by atomic mass is 19.4. The summed E-state index contributed by atoms with van der Waals surface area (Å²) in [6, 6.07) is 10.3. The molecule has 0 bridgehead atoms. The standard InChI is InChI=1S/C18H15F3O4/c1-11-10-13(16(22)8-9-17(23)24)4-7-15(11)12-2-5-14(6-3-12)25-18(19,20)21/h2-7,10H,8-9H2,1H3,(H,23,24). The van der Waals surface area contributed by atoms with Crippen molar-refractivity contribution in [2.24, 2.45) is 0 Å². The van der Waals surface area contributed by atoms with Crippen molar-refractivity contribution in [3.63, 3.8) is 0 Å². The van der Waals surface area contributed by atoms with E-state index in [0.29, 0.717) is 11.1 Å². The van der Waals surface area contributed by atoms with Crippen LogP contribution in [0.15, 0.2) is 42.5 Å². The Balaban J connectivity index is 2.17. The summed E-state index contributed by atoms with van der Waals surface area (Å²) in [6.07, 6.45) is -5.06. The maximum absolute atomic E-state index is 12.2. The second-order valence-corrected chi connectivity index (χ2v) is 5.42. The predicted octanol–water partition coefficient (Wildman–Crippen LogP) is 4.61. The molecule has 132 valence electrons. The van der Waals surface area contributed by atoms with Crippen LogP contribution in [0, 0.1) is 6.92 Å². The number of hydrogen-bond acceptors (Lipinski definition) is 3. The van der Waals surface area contributed by atoms with Crippen LogP contribution in [0.25, 0.3) is 11.1 Å². The van der Waals surface area contributed by atoms with Gasteiger partial charge in [-0.1, -0.05) is 24.3 Å². The lowest BCUT2D eigenvalue weighted by atomic mass is 9.96. The number of hydrogen-bond donors (Lipinski definition) is 1. The third-order valence-corrected chi connectivity index (χ3v) is 3.51. The summed E-state index contributed by atoms with van der Waals surface area (Å²) in [7, 11) is 0. The Morgan fingerprint density at radius 1 is 1.04 bits per heavy atom. The van der Waals surface area contributed by atoms with Gasteiger partial charge in [0, 0.05) is 12.0 Å². The van der Waals surface area contributed by atoms with Crippen LogP contribution in [0.1, 0.15) is 28.8 Å². The molecular formula is C18H15F3O4. The maximum Gasteiger partial charge on any atom is 0.573 e. The van der Waals surface area contributed by atoms with Gasteiger partial charge in [0.15, 0.2) is 5.78 Å². The zero-order valence-electron chi connectivity index (χ0n) is 13.3. The molecule has 1 N–H and O–H groups in total. The van der Waals surface area contributed by atoms with E-state index in [0.717, 1.165) is 11.1 Å². The second kappa shape index (κ2) is 7.38. The molecule has 0 spiro atoms. The molecule has 2 rings (SSSR count). The van der Waals surface area contributed by atoms with Gasteiger partial charge in [0.1, 0.15) is 5.75 Å². The summed E-state index contributed by atoms with van der Waals surface area (Å²) in [5.41, 5.74) is 2.59. The van der Waals surface area contributed by atoms with Crippen molar-refractivity contribution in [3.8, 4) is 16.9 Å². The van der Waals surface area contributed by atoms with E-state index in [2.05, 4.69) is 4.74 Å². The molecular weight excluding hydrogens is 337 g/mol. The molecule has 2 aromatic carbocycles. The molecule has 0 saturated carbocycles. The van der Waals surface area contributed by atoms with Crippen molar-refractivity contribution in [3.05, 3.63) is 53.6 Å². The predicted molar refractivity (Wildman–Crippen MR) is 84.5 cm³/mol. The van der Waals surface area contributed by atoms with Gasteiger partial charge in [-0.3, -0.25) is 9.59 Å². The summed E-state index contributed by atoms with van der Waals surface area (Å²) >= 11 is 0. The van der Waals surface area contributed by atoms with Crippen LogP contribution < -0.4 is 4.74 Å². The van der Waals surface area contributed by atoms with E-state index >= 15 is 0 Å². The number of rotatable bonds is 6. The molecule has 0 heterocycles. The minimum Gasteiger partial charge on any atom is -0.481 e. The number of carboxylic acid groups (broad SMARTS) is 1. The fraction of sp³-hybridized carbons (Fsp3) is 0.222. The first-order valence-corrected chi connectivity index (χ1v) is 7.37. The zero-order valence-corrected chi connectivity index (χ0v) is 13.3. The van der Waals surface area contributed by atoms with Crippen LogP contribution in [0.4, 0.5) is 13.2 Å². The van der Waals surface area contributed by atoms with Crippen LogP contribution >= 0.6 is 0 Å². The normalized spacial score (nSPS) is 11.2. The lowest BCUT2D eigenvalue weighted by Gasteiger charge is -2.11. The van der Waals surface area contributed by atoms with Gasteiger partial charge in [0.05, 0.1) is 6.42 Å². The zero-order chi connectivity index (χ0) is 18.6. The number of carbonyl (C=O) groups excluding carboxylic acids is 1. The topological polar surface area (TPSA) is 63.6 Å². The molecule has 0 fully saturated rings. The van der Waals surface area contributed by atoms with Gasteiger partial charge in [-0.15, -0.1) is 13.2 Å². The molecule has 0 saturated heterocycles. The molecule has 0 aliphatic rings. The molecule has 0 amide bonds. The Morgan fingerprint density at radius 3 is 2.20 bits per heavy atom. The molecule has 4 nitrogen and oxygen atoms in total. The first-order chi connectivity index (χ1) is 11.7. The maximum atomic E-state index is 12.2. The van der Waals surface area contributed by atoms with Crippen LogP contribution in [-0.4, -0.2) is 23.2 Å². The number of benzene rings is 2. The monoisotopic (exact) mass is 352 g/mol. The molecule has 0 aliphatic heterocycles. The minimum atomic E-state index is -4.74. The highest BCUT2D eigenvalue weighted by Crippen LogP contribution is 2.29. The van der Waals surface area contributed by atoms with E-state index in [1.807, 2.05) is 0 Å². The Morgan fingerprint density at radius 2 is 1.68 bits per heavy atom. The summed E-state index contributed by atoms with van der Waals surface area (Å²) in [5, 5.41) is 8.62. The average molecular weight is 352 g/mol. The van der Waals surface area contributed by atoms with Gasteiger partial charge in [-0.05, 0) is 41.8 Å². The van der Waals surface area contributed by atoms with E-state index in [4.69, 9.17) is 5.11 Å². The summed E-state index contributed by atoms with van der Waals surface area (Å²) in [6.45, 7) is 1.77. The number of halogens is 3. The van der Waals surface area contributed by atoms with Crippen LogP contribution in [0.3, 0.4) is 0 Å². The van der Waals surface area contributed by atoms with Crippen LogP contribution in [0.5, 0.6) is 5.75 Å². The van der Waals surface area contributed by atoms with Crippen molar-refractivity contribution in [1.29, 1.82) is 0 Å². The van der Waals surface area contributed by atoms with Crippen molar-refractivity contribution >= 4 is 11.8 Å². The van der Waals surface area contributed by atoms with Gasteiger partial charge in [0.25, 0.3) is 0 Å². The van der Waals surface area contributed by atoms with E-state index < -0.39 is 12.3 Å². The van der Waals surface area contributed by atoms with Crippen molar-refractivity contribution < 1.29 is 32.6 Å². The van der Waals surface area contributed by atoms with E-state index in [9.17, 15) is 22.8 Å². The molecule has 7 heteroatoms. The summed E-state index contributed by atoms with van der Waals surface area (Å²) in [5.74, 6) is -1.62. The third kappa shape index (κ3) is 5.34. The second-order valence-electron chi connectivity index (χ2n) is 5.42. The Hall–Kier alpha value is -2.83. The van der Waals surface area contributed by atoms with Crippen molar-refractivity contribution in [1.82, 2.24) is 0 Å². The lowest BCUT2D eigenvalue weighted by Crippen LogP contribution is -2.16. The molecule has 0 aliphatic carbocycles. The van der Waals surface area contributed by atoms with E-state index in [-0.39, 0.29) is 24.4 Å². The smallest absolute Gasteiger partial charge is 0.481 e. The first kappa shape index (κ1) is 18.5. The van der Waals surface area contributed by atoms with Gasteiger partial charge < -0.3 is 9.84 Å². The molecule has 0 unspecified atom stereocenters. The summed E-state index contributed by atoms with van der Waals surface area (Å²) in [4.78, 5) is 22.5. The van der Waals surface area contributed by atoms with E-state index in [1.54, 1.807) is 25.1 Å². The van der Waals surface area contributed by atoms with Crippen molar-refractivity contribution in [2.75, 3.05) is 0 Å². The number of aryl methyl sites for hydroxylation is 1. The molecule has 0 radical (unpaired) electrons. The molecule has 0 aromatic heterocycles. The highest BCUT2D eigenvalue weighted by molar-refractivity contribution is 5.98. The highest BCUT2D eigenvalue weighted by Gasteiger charge is 2.30. The van der Waals surface area contributed by atoms with Gasteiger partial charge in [-0.2, -0.15) is 0 Å². The lowest BCUT2D eigenvalue weighted by molar-refractivity contribution is -0.274. The summed E-state index contributed by atoms with van der Waals surface area (Å²) < 4.78 is 40.3. The van der Waals surface area contributed by atoms with Gasteiger partial charge in [0.2, 0.25) is 0 Å². The Kier molecular flexibility index (Phi) is 5.46. The molecule has 2 aromatic rings. The van der Waals surface area contributed by atoms with Gasteiger partial charge in [-0.25, -0.2) is 0 Å². The number of carbonyl (C=O) groups is 2. The number of ether oxygens (including phenoxy) is 1. The number of alkyl halides is 3. The largest absolute Gasteiger partial charge is 0.573 e. The average Bonchev–Trinajstić information content (AvgIpc) is 2.52. The SMILES string of the molecule is Cc1cc(C(=O)CCC(=O)O)ccc1-c1ccc(OC(F)(F)F)cc1. The first-order valence-electron chi connectivity index (χ1n) is 7.37. The molecule has 0 atom stereocenters. The number of ketones is 1. The Bertz CT molecular complexity index is 780. The quantitative estimate of drug-likeness (QED) is 0.771. The Labute approximate surface area is 141 Å². The number of Topliss-reactive ketones (excluding diaryl/α,β-unsaturated/α-hetero) is 1. The minimum absolute atomic E-state index is 0.0857. The van der Waals surface area contributed by atoms with Crippen LogP contribution in [-0.2, 0) is 4.79 Å². The van der Waals surface area contributed by atoms with Gasteiger partial charge >= 0.3 is 12.3 Å². The number of carboxylic acids is 1. The fourth-order valence-corrected chi connectivity index (χ4v) is 2.36. The number of aliphatic carboxylic acids is 1. The fourth-order valence-electron chi connectivity index (χ4n) is 2.36. The van der Waals surface area contributed by atoms with E-state index in [1.165, 1.54) is 24.3 Å².